The van der Waals surface area contributed by atoms with Crippen LogP contribution in [0.4, 0.5) is 0 Å². The molecule has 0 saturated carbocycles. The van der Waals surface area contributed by atoms with Gasteiger partial charge in [0.15, 0.2) is 0 Å². The first-order valence-electron chi connectivity index (χ1n) is 4.96. The van der Waals surface area contributed by atoms with Crippen molar-refractivity contribution < 1.29 is 9.47 Å². The topological polar surface area (TPSA) is 70.3 Å². The molecule has 1 aromatic rings. The van der Waals surface area contributed by atoms with Crippen LogP contribution in [0.1, 0.15) is 24.0 Å². The molecule has 1 aromatic heterocycles. The van der Waals surface area contributed by atoms with Gasteiger partial charge in [-0.1, -0.05) is 0 Å². The Hall–Kier alpha value is -1.20. The number of nitrogens with zero attached hydrogens (tertiary/aromatic N) is 2. The lowest BCUT2D eigenvalue weighted by atomic mass is 10.2. The zero-order valence-electron chi connectivity index (χ0n) is 8.99. The summed E-state index contributed by atoms with van der Waals surface area (Å²) in [5.41, 5.74) is 7.60. The summed E-state index contributed by atoms with van der Waals surface area (Å²) in [6.07, 6.45) is 0.656. The molecule has 0 aromatic carbocycles. The van der Waals surface area contributed by atoms with E-state index in [1.54, 1.807) is 7.11 Å². The highest BCUT2D eigenvalue weighted by molar-refractivity contribution is 5.32. The molecular weight excluding hydrogens is 194 g/mol. The van der Waals surface area contributed by atoms with Crippen molar-refractivity contribution in [1.29, 1.82) is 0 Å². The molecule has 0 fully saturated rings. The van der Waals surface area contributed by atoms with Crippen LogP contribution < -0.4 is 10.5 Å². The van der Waals surface area contributed by atoms with Crippen LogP contribution in [0.15, 0.2) is 0 Å². The average Bonchev–Trinajstić information content (AvgIpc) is 2.63. The van der Waals surface area contributed by atoms with Crippen LogP contribution >= 0.6 is 0 Å². The van der Waals surface area contributed by atoms with Gasteiger partial charge in [0.1, 0.15) is 5.82 Å². The third-order valence-electron chi connectivity index (χ3n) is 2.28. The van der Waals surface area contributed by atoms with Gasteiger partial charge < -0.3 is 15.2 Å². The van der Waals surface area contributed by atoms with Crippen molar-refractivity contribution in [3.8, 4) is 5.88 Å². The summed E-state index contributed by atoms with van der Waals surface area (Å²) in [5, 5.41) is 0. The van der Waals surface area contributed by atoms with Crippen LogP contribution in [0.2, 0.25) is 0 Å². The van der Waals surface area contributed by atoms with E-state index in [1.165, 1.54) is 0 Å². The van der Waals surface area contributed by atoms with Crippen molar-refractivity contribution in [1.82, 2.24) is 9.97 Å². The minimum atomic E-state index is 0.0510. The summed E-state index contributed by atoms with van der Waals surface area (Å²) < 4.78 is 10.5. The maximum absolute atomic E-state index is 5.71. The van der Waals surface area contributed by atoms with Crippen molar-refractivity contribution >= 4 is 0 Å². The maximum Gasteiger partial charge on any atom is 0.222 e. The highest BCUT2D eigenvalue weighted by atomic mass is 16.5. The van der Waals surface area contributed by atoms with Crippen molar-refractivity contribution in [2.75, 3.05) is 7.11 Å². The summed E-state index contributed by atoms with van der Waals surface area (Å²) in [7, 11) is 1.61. The molecule has 0 bridgehead atoms. The number of nitrogens with two attached hydrogens (primary N) is 1. The van der Waals surface area contributed by atoms with Crippen LogP contribution in [0.5, 0.6) is 5.88 Å². The lowest BCUT2D eigenvalue weighted by Crippen LogP contribution is -2.20. The van der Waals surface area contributed by atoms with Crippen LogP contribution in [0, 0.1) is 0 Å². The summed E-state index contributed by atoms with van der Waals surface area (Å²) in [4.78, 5) is 8.72. The molecule has 82 valence electrons. The highest BCUT2D eigenvalue weighted by Crippen LogP contribution is 2.26. The Kier molecular flexibility index (Phi) is 2.83. The summed E-state index contributed by atoms with van der Waals surface area (Å²) in [6.45, 7) is 3.01. The van der Waals surface area contributed by atoms with Crippen LogP contribution in [-0.2, 0) is 24.4 Å². The molecule has 0 amide bonds. The fourth-order valence-electron chi connectivity index (χ4n) is 1.62. The first-order valence-corrected chi connectivity index (χ1v) is 4.96. The van der Waals surface area contributed by atoms with Crippen LogP contribution in [-0.4, -0.2) is 23.1 Å². The van der Waals surface area contributed by atoms with Gasteiger partial charge in [-0.05, 0) is 6.92 Å². The second-order valence-electron chi connectivity index (χ2n) is 3.75. The molecule has 0 saturated heterocycles. The number of fused-ring (bicyclic) bond motifs is 1. The molecule has 1 aliphatic rings. The fraction of sp³-hybridized carbons (Fsp3) is 0.600. The maximum atomic E-state index is 5.71. The van der Waals surface area contributed by atoms with E-state index in [9.17, 15) is 0 Å². The van der Waals surface area contributed by atoms with Crippen LogP contribution in [0.3, 0.4) is 0 Å². The summed E-state index contributed by atoms with van der Waals surface area (Å²) in [6, 6.07) is 0.0510. The molecule has 5 nitrogen and oxygen atoms in total. The number of rotatable bonds is 3. The number of hydrogen-bond donors (Lipinski definition) is 1. The second-order valence-corrected chi connectivity index (χ2v) is 3.75. The van der Waals surface area contributed by atoms with Gasteiger partial charge in [-0.25, -0.2) is 4.98 Å². The zero-order valence-corrected chi connectivity index (χ0v) is 8.99. The molecule has 0 aliphatic carbocycles. The molecule has 0 radical (unpaired) electrons. The van der Waals surface area contributed by atoms with Crippen molar-refractivity contribution in [3.63, 3.8) is 0 Å². The van der Waals surface area contributed by atoms with Gasteiger partial charge in [-0.15, -0.1) is 0 Å². The Bertz CT molecular complexity index is 366. The third-order valence-corrected chi connectivity index (χ3v) is 2.28. The van der Waals surface area contributed by atoms with Crippen molar-refractivity contribution in [3.05, 3.63) is 17.1 Å². The lowest BCUT2D eigenvalue weighted by molar-refractivity contribution is 0.132. The summed E-state index contributed by atoms with van der Waals surface area (Å²) >= 11 is 0. The van der Waals surface area contributed by atoms with Gasteiger partial charge >= 0.3 is 0 Å². The lowest BCUT2D eigenvalue weighted by Gasteiger charge is -2.08. The Labute approximate surface area is 88.6 Å². The van der Waals surface area contributed by atoms with Gasteiger partial charge in [-0.2, -0.15) is 4.98 Å². The number of methoxy groups -OCH3 is 1. The zero-order chi connectivity index (χ0) is 10.8. The minimum Gasteiger partial charge on any atom is -0.481 e. The van der Waals surface area contributed by atoms with E-state index in [0.29, 0.717) is 25.5 Å². The standard InChI is InChI=1S/C10H15N3O2/c1-6(11)3-9-12-8-5-15-4-7(8)10(13-9)14-2/h6H,3-5,11H2,1-2H3. The van der Waals surface area contributed by atoms with E-state index >= 15 is 0 Å². The van der Waals surface area contributed by atoms with E-state index in [-0.39, 0.29) is 6.04 Å². The second kappa shape index (κ2) is 4.12. The first kappa shape index (κ1) is 10.3. The monoisotopic (exact) mass is 209 g/mol. The molecule has 0 spiro atoms. The molecule has 1 unspecified atom stereocenters. The van der Waals surface area contributed by atoms with Crippen LogP contribution in [0.25, 0.3) is 0 Å². The molecule has 1 aliphatic heterocycles. The van der Waals surface area contributed by atoms with E-state index in [2.05, 4.69) is 9.97 Å². The summed E-state index contributed by atoms with van der Waals surface area (Å²) in [5.74, 6) is 1.35. The molecule has 1 atom stereocenters. The third kappa shape index (κ3) is 2.08. The highest BCUT2D eigenvalue weighted by Gasteiger charge is 2.20. The average molecular weight is 209 g/mol. The van der Waals surface area contributed by atoms with Gasteiger partial charge in [0.05, 0.1) is 31.6 Å². The minimum absolute atomic E-state index is 0.0510. The molecule has 15 heavy (non-hydrogen) atoms. The van der Waals surface area contributed by atoms with Gasteiger partial charge in [-0.3, -0.25) is 0 Å². The molecule has 5 heteroatoms. The largest absolute Gasteiger partial charge is 0.481 e. The predicted octanol–water partition coefficient (Wildman–Crippen LogP) is 0.405. The molecular formula is C10H15N3O2. The van der Waals surface area contributed by atoms with Gasteiger partial charge in [0, 0.05) is 12.5 Å². The van der Waals surface area contributed by atoms with E-state index < -0.39 is 0 Å². The van der Waals surface area contributed by atoms with Crippen molar-refractivity contribution in [2.45, 2.75) is 32.6 Å². The first-order chi connectivity index (χ1) is 7.20. The Morgan fingerprint density at radius 3 is 2.93 bits per heavy atom. The quantitative estimate of drug-likeness (QED) is 0.780. The van der Waals surface area contributed by atoms with Gasteiger partial charge in [0.2, 0.25) is 5.88 Å². The van der Waals surface area contributed by atoms with E-state index in [1.807, 2.05) is 6.92 Å². The number of hydrogen-bond acceptors (Lipinski definition) is 5. The SMILES string of the molecule is COc1nc(CC(C)N)nc2c1COC2. The van der Waals surface area contributed by atoms with Crippen molar-refractivity contribution in [2.24, 2.45) is 5.73 Å². The smallest absolute Gasteiger partial charge is 0.222 e. The molecule has 2 N–H and O–H groups in total. The Morgan fingerprint density at radius 1 is 1.47 bits per heavy atom. The normalized spacial score (nSPS) is 16.2. The fourth-order valence-corrected chi connectivity index (χ4v) is 1.62. The predicted molar refractivity (Wildman–Crippen MR) is 54.4 cm³/mol. The Balaban J connectivity index is 2.34. The van der Waals surface area contributed by atoms with Gasteiger partial charge in [0.25, 0.3) is 0 Å². The molecule has 2 rings (SSSR count). The number of aromatic nitrogens is 2. The van der Waals surface area contributed by atoms with E-state index in [0.717, 1.165) is 17.1 Å². The number of ether oxygens (including phenoxy) is 2. The Morgan fingerprint density at radius 2 is 2.27 bits per heavy atom. The van der Waals surface area contributed by atoms with E-state index in [4.69, 9.17) is 15.2 Å². The molecule has 2 heterocycles.